The third-order valence-corrected chi connectivity index (χ3v) is 11.8. The van der Waals surface area contributed by atoms with Crippen LogP contribution in [0.3, 0.4) is 0 Å². The summed E-state index contributed by atoms with van der Waals surface area (Å²) >= 11 is 0. The van der Waals surface area contributed by atoms with Crippen LogP contribution in [-0.4, -0.2) is 51.9 Å². The van der Waals surface area contributed by atoms with Crippen molar-refractivity contribution in [2.45, 2.75) is 96.2 Å². The summed E-state index contributed by atoms with van der Waals surface area (Å²) in [6.45, 7) is 7.46. The van der Waals surface area contributed by atoms with E-state index in [1.54, 1.807) is 0 Å². The number of aliphatic hydroxyl groups is 2. The van der Waals surface area contributed by atoms with Gasteiger partial charge < -0.3 is 20.1 Å². The highest BCUT2D eigenvalue weighted by atomic mass is 16.5. The average molecular weight is 460 g/mol. The van der Waals surface area contributed by atoms with Crippen molar-refractivity contribution in [1.82, 2.24) is 5.32 Å². The fraction of sp³-hybridized carbons (Fsp3) is 0.889. The molecule has 0 aromatic carbocycles. The summed E-state index contributed by atoms with van der Waals surface area (Å²) in [6.07, 6.45) is 8.99. The van der Waals surface area contributed by atoms with E-state index in [9.17, 15) is 20.1 Å². The van der Waals surface area contributed by atoms with E-state index in [0.717, 1.165) is 44.9 Å². The maximum atomic E-state index is 11.8. The number of allylic oxidation sites excluding steroid dienone is 1. The molecular formula is C27H41NO5. The molecular weight excluding hydrogens is 418 g/mol. The third-order valence-electron chi connectivity index (χ3n) is 11.8. The van der Waals surface area contributed by atoms with Crippen LogP contribution in [0, 0.1) is 46.3 Å². The molecule has 4 aliphatic carbocycles. The summed E-state index contributed by atoms with van der Waals surface area (Å²) in [5.74, 6) is 0.956. The van der Waals surface area contributed by atoms with Crippen LogP contribution < -0.4 is 5.32 Å². The molecule has 33 heavy (non-hydrogen) atoms. The fourth-order valence-electron chi connectivity index (χ4n) is 9.87. The molecule has 3 saturated carbocycles. The minimum atomic E-state index is -0.725. The first kappa shape index (κ1) is 22.5. The molecule has 4 N–H and O–H groups in total. The summed E-state index contributed by atoms with van der Waals surface area (Å²) < 4.78 is 6.82. The lowest BCUT2D eigenvalue weighted by Crippen LogP contribution is -2.60. The number of nitrogens with one attached hydrogen (secondary N) is 1. The van der Waals surface area contributed by atoms with Crippen LogP contribution in [-0.2, 0) is 9.53 Å². The Morgan fingerprint density at radius 1 is 1.15 bits per heavy atom. The Hall–Kier alpha value is -0.950. The summed E-state index contributed by atoms with van der Waals surface area (Å²) in [5.41, 5.74) is 0.916. The summed E-state index contributed by atoms with van der Waals surface area (Å²) in [7, 11) is 0. The predicted octanol–water partition coefficient (Wildman–Crippen LogP) is 3.32. The Morgan fingerprint density at radius 3 is 2.64 bits per heavy atom. The van der Waals surface area contributed by atoms with Gasteiger partial charge >= 0.3 is 5.97 Å². The van der Waals surface area contributed by atoms with Gasteiger partial charge in [0.1, 0.15) is 5.72 Å². The lowest BCUT2D eigenvalue weighted by molar-refractivity contribution is -0.154. The number of piperidine rings is 1. The Kier molecular flexibility index (Phi) is 4.97. The molecule has 2 heterocycles. The van der Waals surface area contributed by atoms with Crippen LogP contribution in [0.1, 0.15) is 72.1 Å². The number of hydrogen-bond acceptors (Lipinski definition) is 5. The molecule has 0 aromatic heterocycles. The van der Waals surface area contributed by atoms with Gasteiger partial charge in [-0.25, -0.2) is 0 Å². The molecule has 6 aliphatic rings. The number of aliphatic hydroxyl groups excluding tert-OH is 2. The van der Waals surface area contributed by atoms with Crippen molar-refractivity contribution in [1.29, 1.82) is 0 Å². The lowest BCUT2D eigenvalue weighted by Gasteiger charge is -2.60. The van der Waals surface area contributed by atoms with Gasteiger partial charge in [0.05, 0.1) is 24.2 Å². The van der Waals surface area contributed by atoms with Crippen LogP contribution in [0.15, 0.2) is 11.6 Å². The van der Waals surface area contributed by atoms with Crippen LogP contribution in [0.2, 0.25) is 0 Å². The first-order chi connectivity index (χ1) is 15.6. The van der Waals surface area contributed by atoms with Gasteiger partial charge in [-0.15, -0.1) is 0 Å². The van der Waals surface area contributed by atoms with Crippen molar-refractivity contribution >= 4 is 5.97 Å². The molecule has 1 spiro atoms. The number of rotatable bonds is 1. The molecule has 0 amide bonds. The fourth-order valence-corrected chi connectivity index (χ4v) is 9.87. The number of carboxylic acids is 1. The standard InChI is InChI=1S/C27H41NO5/c1-14-23-21(33-27(14)9-6-15(13-28-27)24(31)32)11-20-18-5-4-16-10-17(29)7-8-25(16,2)19(18)12-22(30)26(20,23)3/h4,14-15,17-23,28-30H,5-13H2,1-3H3,(H,31,32)/t14-,15+,17-,18+,19-,20-,21-,22+,23-,25-,26+,27+/m0/s1. The Balaban J connectivity index is 1.28. The number of ether oxygens (including phenoxy) is 1. The van der Waals surface area contributed by atoms with Gasteiger partial charge in [-0.1, -0.05) is 32.4 Å². The van der Waals surface area contributed by atoms with Crippen LogP contribution in [0.5, 0.6) is 0 Å². The zero-order valence-electron chi connectivity index (χ0n) is 20.3. The van der Waals surface area contributed by atoms with Crippen LogP contribution in [0.25, 0.3) is 0 Å². The zero-order chi connectivity index (χ0) is 23.3. The maximum Gasteiger partial charge on any atom is 0.307 e. The number of aliphatic carboxylic acids is 1. The van der Waals surface area contributed by atoms with E-state index in [1.165, 1.54) is 5.57 Å². The Bertz CT molecular complexity index is 865. The first-order valence-corrected chi connectivity index (χ1v) is 13.3. The van der Waals surface area contributed by atoms with Gasteiger partial charge in [-0.2, -0.15) is 0 Å². The van der Waals surface area contributed by atoms with E-state index in [-0.39, 0.29) is 41.0 Å². The number of carboxylic acid groups (broad SMARTS) is 1. The molecule has 0 unspecified atom stereocenters. The minimum absolute atomic E-state index is 0.104. The zero-order valence-corrected chi connectivity index (χ0v) is 20.3. The second-order valence-corrected chi connectivity index (χ2v) is 12.8. The highest BCUT2D eigenvalue weighted by Crippen LogP contribution is 2.70. The van der Waals surface area contributed by atoms with Crippen molar-refractivity contribution in [2.24, 2.45) is 46.3 Å². The van der Waals surface area contributed by atoms with Gasteiger partial charge in [0, 0.05) is 17.9 Å². The maximum absolute atomic E-state index is 11.8. The molecule has 6 heteroatoms. The van der Waals surface area contributed by atoms with Gasteiger partial charge in [0.25, 0.3) is 0 Å². The van der Waals surface area contributed by atoms with Crippen molar-refractivity contribution in [2.75, 3.05) is 6.54 Å². The average Bonchev–Trinajstić information content (AvgIpc) is 3.21. The van der Waals surface area contributed by atoms with E-state index in [0.29, 0.717) is 36.6 Å². The molecule has 6 nitrogen and oxygen atoms in total. The molecule has 12 atom stereocenters. The van der Waals surface area contributed by atoms with E-state index in [4.69, 9.17) is 4.74 Å². The molecule has 5 fully saturated rings. The Labute approximate surface area is 197 Å². The van der Waals surface area contributed by atoms with Crippen molar-refractivity contribution in [3.8, 4) is 0 Å². The first-order valence-electron chi connectivity index (χ1n) is 13.3. The van der Waals surface area contributed by atoms with Gasteiger partial charge in [0.2, 0.25) is 0 Å². The largest absolute Gasteiger partial charge is 0.481 e. The number of fused-ring (bicyclic) bond motifs is 7. The second-order valence-electron chi connectivity index (χ2n) is 12.8. The number of hydrogen-bond donors (Lipinski definition) is 4. The summed E-state index contributed by atoms with van der Waals surface area (Å²) in [5, 5.41) is 35.0. The second kappa shape index (κ2) is 7.28. The van der Waals surface area contributed by atoms with E-state index < -0.39 is 11.7 Å². The van der Waals surface area contributed by atoms with Gasteiger partial charge in [-0.3, -0.25) is 10.1 Å². The van der Waals surface area contributed by atoms with Crippen molar-refractivity contribution in [3.63, 3.8) is 0 Å². The summed E-state index contributed by atoms with van der Waals surface area (Å²) in [6, 6.07) is 0. The topological polar surface area (TPSA) is 99.0 Å². The van der Waals surface area contributed by atoms with Crippen molar-refractivity contribution in [3.05, 3.63) is 11.6 Å². The van der Waals surface area contributed by atoms with E-state index >= 15 is 0 Å². The molecule has 2 aliphatic heterocycles. The highest BCUT2D eigenvalue weighted by molar-refractivity contribution is 5.70. The SMILES string of the molecule is C[C@H]1[C@H]2[C@H](C[C@H]3[C@@H]4CC=C5C[C@@H](O)CC[C@]5(C)[C@H]4C[C@@H](O)[C@]23C)O[C@]12CC[C@@H](C(=O)O)CN2. The van der Waals surface area contributed by atoms with Gasteiger partial charge in [0.15, 0.2) is 0 Å². The lowest BCUT2D eigenvalue weighted by atomic mass is 9.46. The predicted molar refractivity (Wildman–Crippen MR) is 123 cm³/mol. The quantitative estimate of drug-likeness (QED) is 0.449. The van der Waals surface area contributed by atoms with E-state index in [1.807, 2.05) is 0 Å². The molecule has 184 valence electrons. The monoisotopic (exact) mass is 459 g/mol. The molecule has 2 saturated heterocycles. The normalized spacial score (nSPS) is 57.6. The number of carbonyl (C=O) groups is 1. The molecule has 6 rings (SSSR count). The van der Waals surface area contributed by atoms with Gasteiger partial charge in [-0.05, 0) is 80.5 Å². The summed E-state index contributed by atoms with van der Waals surface area (Å²) in [4.78, 5) is 11.5. The van der Waals surface area contributed by atoms with Crippen molar-refractivity contribution < 1.29 is 24.9 Å². The molecule has 0 radical (unpaired) electrons. The third kappa shape index (κ3) is 2.90. The van der Waals surface area contributed by atoms with Crippen LogP contribution in [0.4, 0.5) is 0 Å². The molecule has 0 aromatic rings. The molecule has 0 bridgehead atoms. The van der Waals surface area contributed by atoms with E-state index in [2.05, 4.69) is 32.2 Å². The smallest absolute Gasteiger partial charge is 0.307 e. The van der Waals surface area contributed by atoms with Crippen LogP contribution >= 0.6 is 0 Å². The minimum Gasteiger partial charge on any atom is -0.481 e. The Morgan fingerprint density at radius 2 is 1.94 bits per heavy atom. The highest BCUT2D eigenvalue weighted by Gasteiger charge is 2.70.